The first kappa shape index (κ1) is 36.8. The van der Waals surface area contributed by atoms with Crippen LogP contribution in [0.5, 0.6) is 0 Å². The van der Waals surface area contributed by atoms with Crippen molar-refractivity contribution in [3.8, 4) is 17.4 Å². The van der Waals surface area contributed by atoms with E-state index in [1.54, 1.807) is 0 Å². The fraction of sp³-hybridized carbons (Fsp3) is 0.302. The van der Waals surface area contributed by atoms with Crippen LogP contribution in [-0.4, -0.2) is 9.13 Å². The van der Waals surface area contributed by atoms with E-state index in [9.17, 15) is 5.26 Å². The Balaban J connectivity index is 1.49. The molecular weight excluding hydrogens is 695 g/mol. The van der Waals surface area contributed by atoms with Crippen LogP contribution in [0.2, 0.25) is 0 Å². The second-order valence-electron chi connectivity index (χ2n) is 20.3. The van der Waals surface area contributed by atoms with Crippen molar-refractivity contribution in [1.29, 1.82) is 5.26 Å². The highest BCUT2D eigenvalue weighted by Gasteiger charge is 2.29. The van der Waals surface area contributed by atoms with E-state index in [0.29, 0.717) is 5.56 Å². The van der Waals surface area contributed by atoms with E-state index in [0.717, 1.165) is 55.4 Å². The molecule has 9 aromatic rings. The molecule has 0 radical (unpaired) electrons. The Kier molecular flexibility index (Phi) is 7.82. The minimum atomic E-state index is -0.0355. The van der Waals surface area contributed by atoms with Gasteiger partial charge in [-0.2, -0.15) is 5.26 Å². The number of furan rings is 1. The maximum absolute atomic E-state index is 11.7. The Morgan fingerprint density at radius 3 is 1.21 bits per heavy atom. The summed E-state index contributed by atoms with van der Waals surface area (Å²) in [7, 11) is 0. The van der Waals surface area contributed by atoms with Crippen molar-refractivity contribution in [1.82, 2.24) is 9.13 Å². The molecule has 4 heteroatoms. The zero-order chi connectivity index (χ0) is 40.6. The quantitative estimate of drug-likeness (QED) is 0.177. The van der Waals surface area contributed by atoms with E-state index in [1.165, 1.54) is 43.8 Å². The monoisotopic (exact) mass is 747 g/mol. The molecule has 0 N–H and O–H groups in total. The van der Waals surface area contributed by atoms with Crippen molar-refractivity contribution in [2.24, 2.45) is 0 Å². The topological polar surface area (TPSA) is 46.8 Å². The van der Waals surface area contributed by atoms with Crippen molar-refractivity contribution in [2.75, 3.05) is 0 Å². The van der Waals surface area contributed by atoms with Crippen LogP contribution in [0.3, 0.4) is 0 Å². The third-order valence-electron chi connectivity index (χ3n) is 12.2. The molecule has 0 unspecified atom stereocenters. The van der Waals surface area contributed by atoms with Gasteiger partial charge in [-0.3, -0.25) is 0 Å². The van der Waals surface area contributed by atoms with Crippen molar-refractivity contribution in [3.63, 3.8) is 0 Å². The van der Waals surface area contributed by atoms with E-state index in [2.05, 4.69) is 189 Å². The standard InChI is InChI=1S/C53H53N3O/c1-50(2,3)31-17-21-41-36(25-31)37-26-32(51(4,5)6)18-22-42(37)55(41)45-29-47-48(35-15-13-14-16-46(35)57-47)49(40(45)30-54)56-43-23-19-33(52(7,8)9)27-38(43)39-28-34(53(10,11)12)20-24-44(39)56/h13-29H,1-12H3. The van der Waals surface area contributed by atoms with Crippen LogP contribution < -0.4 is 0 Å². The number of hydrogen-bond donors (Lipinski definition) is 0. The largest absolute Gasteiger partial charge is 0.456 e. The van der Waals surface area contributed by atoms with E-state index in [1.807, 2.05) is 12.1 Å². The van der Waals surface area contributed by atoms with E-state index in [4.69, 9.17) is 4.42 Å². The van der Waals surface area contributed by atoms with Gasteiger partial charge in [-0.05, 0) is 98.5 Å². The fourth-order valence-corrected chi connectivity index (χ4v) is 8.78. The molecule has 9 rings (SSSR count). The summed E-state index contributed by atoms with van der Waals surface area (Å²) < 4.78 is 11.5. The summed E-state index contributed by atoms with van der Waals surface area (Å²) in [4.78, 5) is 0. The smallest absolute Gasteiger partial charge is 0.139 e. The van der Waals surface area contributed by atoms with E-state index < -0.39 is 0 Å². The molecule has 4 nitrogen and oxygen atoms in total. The lowest BCUT2D eigenvalue weighted by molar-refractivity contribution is 0.590. The molecule has 6 aromatic carbocycles. The number of nitriles is 1. The van der Waals surface area contributed by atoms with Gasteiger partial charge < -0.3 is 13.6 Å². The number of para-hydroxylation sites is 1. The second kappa shape index (κ2) is 12.1. The van der Waals surface area contributed by atoms with Gasteiger partial charge in [-0.15, -0.1) is 0 Å². The Bertz CT molecular complexity index is 3020. The normalized spacial score (nSPS) is 13.2. The average Bonchev–Trinajstić information content (AvgIpc) is 3.79. The first-order valence-corrected chi connectivity index (χ1v) is 20.3. The number of fused-ring (bicyclic) bond motifs is 9. The van der Waals surface area contributed by atoms with Gasteiger partial charge >= 0.3 is 0 Å². The molecule has 0 saturated heterocycles. The van der Waals surface area contributed by atoms with Gasteiger partial charge in [0.25, 0.3) is 0 Å². The van der Waals surface area contributed by atoms with Crippen LogP contribution in [-0.2, 0) is 21.7 Å². The lowest BCUT2D eigenvalue weighted by atomic mass is 9.85. The van der Waals surface area contributed by atoms with Crippen LogP contribution in [0.4, 0.5) is 0 Å². The Hall–Kier alpha value is -5.79. The van der Waals surface area contributed by atoms with Gasteiger partial charge in [0, 0.05) is 33.0 Å². The average molecular weight is 748 g/mol. The number of hydrogen-bond acceptors (Lipinski definition) is 2. The number of benzene rings is 6. The molecule has 3 aromatic heterocycles. The molecule has 3 heterocycles. The van der Waals surface area contributed by atoms with Gasteiger partial charge in [0.1, 0.15) is 22.8 Å². The predicted molar refractivity (Wildman–Crippen MR) is 242 cm³/mol. The molecule has 0 saturated carbocycles. The molecule has 0 aliphatic heterocycles. The highest BCUT2D eigenvalue weighted by molar-refractivity contribution is 6.17. The van der Waals surface area contributed by atoms with Crippen molar-refractivity contribution in [2.45, 2.75) is 105 Å². The van der Waals surface area contributed by atoms with Crippen LogP contribution in [0, 0.1) is 11.3 Å². The van der Waals surface area contributed by atoms with Crippen molar-refractivity contribution < 1.29 is 4.42 Å². The number of rotatable bonds is 2. The Morgan fingerprint density at radius 2 is 0.825 bits per heavy atom. The minimum absolute atomic E-state index is 0.0291. The lowest BCUT2D eigenvalue weighted by Crippen LogP contribution is -2.10. The minimum Gasteiger partial charge on any atom is -0.456 e. The molecule has 286 valence electrons. The number of nitrogens with zero attached hydrogens (tertiary/aromatic N) is 3. The third kappa shape index (κ3) is 5.69. The molecule has 0 amide bonds. The molecule has 0 spiro atoms. The number of aromatic nitrogens is 2. The van der Waals surface area contributed by atoms with Crippen LogP contribution in [0.25, 0.3) is 76.9 Å². The summed E-state index contributed by atoms with van der Waals surface area (Å²) in [5, 5.41) is 18.3. The summed E-state index contributed by atoms with van der Waals surface area (Å²) in [6, 6.07) is 40.6. The molecule has 0 aliphatic rings. The maximum Gasteiger partial charge on any atom is 0.139 e. The van der Waals surface area contributed by atoms with E-state index >= 15 is 0 Å². The Labute approximate surface area is 336 Å². The molecule has 0 atom stereocenters. The predicted octanol–water partition coefficient (Wildman–Crippen LogP) is 14.8. The summed E-state index contributed by atoms with van der Waals surface area (Å²) in [6.07, 6.45) is 0. The first-order chi connectivity index (χ1) is 26.8. The van der Waals surface area contributed by atoms with Gasteiger partial charge in [-0.25, -0.2) is 0 Å². The van der Waals surface area contributed by atoms with Gasteiger partial charge in [0.05, 0.1) is 38.8 Å². The van der Waals surface area contributed by atoms with Crippen molar-refractivity contribution >= 4 is 65.6 Å². The van der Waals surface area contributed by atoms with Crippen molar-refractivity contribution in [3.05, 3.63) is 131 Å². The van der Waals surface area contributed by atoms with Gasteiger partial charge in [0.2, 0.25) is 0 Å². The molecular formula is C53H53N3O. The zero-order valence-corrected chi connectivity index (χ0v) is 35.6. The van der Waals surface area contributed by atoms with Gasteiger partial charge in [-0.1, -0.05) is 126 Å². The summed E-state index contributed by atoms with van der Waals surface area (Å²) in [5.41, 5.74) is 13.0. The summed E-state index contributed by atoms with van der Waals surface area (Å²) >= 11 is 0. The third-order valence-corrected chi connectivity index (χ3v) is 12.2. The molecule has 57 heavy (non-hydrogen) atoms. The summed E-state index contributed by atoms with van der Waals surface area (Å²) in [6.45, 7) is 27.2. The highest BCUT2D eigenvalue weighted by Crippen LogP contribution is 2.46. The molecule has 0 fully saturated rings. The first-order valence-electron chi connectivity index (χ1n) is 20.3. The fourth-order valence-electron chi connectivity index (χ4n) is 8.78. The van der Waals surface area contributed by atoms with Crippen LogP contribution >= 0.6 is 0 Å². The van der Waals surface area contributed by atoms with Crippen LogP contribution in [0.1, 0.15) is 111 Å². The highest BCUT2D eigenvalue weighted by atomic mass is 16.3. The van der Waals surface area contributed by atoms with Gasteiger partial charge in [0.15, 0.2) is 0 Å². The van der Waals surface area contributed by atoms with Crippen LogP contribution in [0.15, 0.2) is 108 Å². The van der Waals surface area contributed by atoms with E-state index in [-0.39, 0.29) is 21.7 Å². The maximum atomic E-state index is 11.7. The lowest BCUT2D eigenvalue weighted by Gasteiger charge is -2.20. The summed E-state index contributed by atoms with van der Waals surface area (Å²) in [5.74, 6) is 0. The zero-order valence-electron chi connectivity index (χ0n) is 35.6. The second-order valence-corrected chi connectivity index (χ2v) is 20.3. The Morgan fingerprint density at radius 1 is 0.439 bits per heavy atom. The SMILES string of the molecule is CC(C)(C)c1ccc2c(c1)c1cc(C(C)(C)C)ccc1n2-c1cc2oc3ccccc3c2c(-n2c3ccc(C(C)(C)C)cc3c3cc(C(C)(C)C)ccc32)c1C#N. The molecule has 0 aliphatic carbocycles. The molecule has 0 bridgehead atoms.